The molecule has 0 saturated heterocycles. The molecule has 26 heavy (non-hydrogen) atoms. The topological polar surface area (TPSA) is 49.4 Å². The Hall–Kier alpha value is -2.62. The van der Waals surface area contributed by atoms with Crippen molar-refractivity contribution in [1.82, 2.24) is 10.2 Å². The lowest BCUT2D eigenvalue weighted by Crippen LogP contribution is -2.38. The van der Waals surface area contributed by atoms with Gasteiger partial charge in [-0.1, -0.05) is 50.2 Å². The molecule has 2 aromatic carbocycles. The summed E-state index contributed by atoms with van der Waals surface area (Å²) in [7, 11) is 0. The first-order valence-electron chi connectivity index (χ1n) is 9.27. The molecule has 4 heteroatoms. The van der Waals surface area contributed by atoms with Gasteiger partial charge in [-0.25, -0.2) is 0 Å². The Morgan fingerprint density at radius 3 is 2.42 bits per heavy atom. The first-order chi connectivity index (χ1) is 12.5. The fourth-order valence-corrected chi connectivity index (χ4v) is 3.27. The minimum Gasteiger partial charge on any atom is -0.352 e. The van der Waals surface area contributed by atoms with Crippen molar-refractivity contribution >= 4 is 11.8 Å². The molecule has 0 atom stereocenters. The van der Waals surface area contributed by atoms with E-state index in [4.69, 9.17) is 0 Å². The van der Waals surface area contributed by atoms with Crippen molar-refractivity contribution in [3.05, 3.63) is 70.8 Å². The quantitative estimate of drug-likeness (QED) is 0.897. The maximum Gasteiger partial charge on any atom is 0.251 e. The average molecular weight is 350 g/mol. The Morgan fingerprint density at radius 2 is 1.73 bits per heavy atom. The molecular weight excluding hydrogens is 324 g/mol. The zero-order chi connectivity index (χ0) is 18.5. The summed E-state index contributed by atoms with van der Waals surface area (Å²) in [5, 5.41) is 2.85. The largest absolute Gasteiger partial charge is 0.352 e. The zero-order valence-electron chi connectivity index (χ0n) is 15.5. The lowest BCUT2D eigenvalue weighted by Gasteiger charge is -2.29. The highest BCUT2D eigenvalue weighted by molar-refractivity contribution is 5.94. The summed E-state index contributed by atoms with van der Waals surface area (Å²) in [4.78, 5) is 26.5. The van der Waals surface area contributed by atoms with E-state index in [-0.39, 0.29) is 11.8 Å². The van der Waals surface area contributed by atoms with Crippen LogP contribution >= 0.6 is 0 Å². The number of hydrogen-bond acceptors (Lipinski definition) is 2. The molecule has 1 heterocycles. The maximum absolute atomic E-state index is 12.4. The summed E-state index contributed by atoms with van der Waals surface area (Å²) in [6.07, 6.45) is 1.23. The SMILES string of the molecule is CC(C)c1ccc(C(=O)NCCC(=O)N2CCc3ccccc3C2)cc1. The second-order valence-corrected chi connectivity index (χ2v) is 7.12. The highest BCUT2D eigenvalue weighted by Gasteiger charge is 2.20. The number of carbonyl (C=O) groups excluding carboxylic acids is 2. The third-order valence-corrected chi connectivity index (χ3v) is 4.95. The number of fused-ring (bicyclic) bond motifs is 1. The summed E-state index contributed by atoms with van der Waals surface area (Å²) in [6, 6.07) is 15.9. The molecule has 0 aliphatic carbocycles. The van der Waals surface area contributed by atoms with E-state index in [1.165, 1.54) is 16.7 Å². The first-order valence-corrected chi connectivity index (χ1v) is 9.27. The van der Waals surface area contributed by atoms with E-state index in [9.17, 15) is 9.59 Å². The van der Waals surface area contributed by atoms with Crippen LogP contribution in [-0.2, 0) is 17.8 Å². The molecule has 0 saturated carbocycles. The average Bonchev–Trinajstić information content (AvgIpc) is 2.67. The van der Waals surface area contributed by atoms with Gasteiger partial charge in [0.2, 0.25) is 5.91 Å². The minimum absolute atomic E-state index is 0.0926. The van der Waals surface area contributed by atoms with Crippen LogP contribution in [0.15, 0.2) is 48.5 Å². The lowest BCUT2D eigenvalue weighted by molar-refractivity contribution is -0.131. The molecule has 1 aliphatic rings. The number of amides is 2. The monoisotopic (exact) mass is 350 g/mol. The molecular formula is C22H26N2O2. The van der Waals surface area contributed by atoms with Crippen LogP contribution < -0.4 is 5.32 Å². The van der Waals surface area contributed by atoms with E-state index < -0.39 is 0 Å². The Morgan fingerprint density at radius 1 is 1.04 bits per heavy atom. The number of nitrogens with one attached hydrogen (secondary N) is 1. The fraction of sp³-hybridized carbons (Fsp3) is 0.364. The van der Waals surface area contributed by atoms with Crippen molar-refractivity contribution in [1.29, 1.82) is 0 Å². The Labute approximate surface area is 155 Å². The van der Waals surface area contributed by atoms with Crippen molar-refractivity contribution in [2.45, 2.75) is 39.2 Å². The van der Waals surface area contributed by atoms with Crippen LogP contribution in [0.1, 0.15) is 53.2 Å². The molecule has 1 N–H and O–H groups in total. The Balaban J connectivity index is 1.47. The minimum atomic E-state index is -0.128. The number of carbonyl (C=O) groups is 2. The van der Waals surface area contributed by atoms with Gasteiger partial charge in [0.15, 0.2) is 0 Å². The van der Waals surface area contributed by atoms with Gasteiger partial charge in [0.25, 0.3) is 5.91 Å². The number of rotatable bonds is 5. The van der Waals surface area contributed by atoms with Crippen molar-refractivity contribution in [2.75, 3.05) is 13.1 Å². The summed E-state index contributed by atoms with van der Waals surface area (Å²) in [5.74, 6) is 0.409. The fourth-order valence-electron chi connectivity index (χ4n) is 3.27. The van der Waals surface area contributed by atoms with Crippen molar-refractivity contribution in [3.8, 4) is 0 Å². The number of benzene rings is 2. The van der Waals surface area contributed by atoms with E-state index in [0.29, 0.717) is 31.0 Å². The summed E-state index contributed by atoms with van der Waals surface area (Å²) < 4.78 is 0. The lowest BCUT2D eigenvalue weighted by atomic mass is 10.00. The van der Waals surface area contributed by atoms with E-state index >= 15 is 0 Å². The Bertz CT molecular complexity index is 781. The molecule has 0 aromatic heterocycles. The van der Waals surface area contributed by atoms with Crippen LogP contribution in [0.2, 0.25) is 0 Å². The molecule has 1 aliphatic heterocycles. The first kappa shape index (κ1) is 18.2. The second kappa shape index (κ2) is 8.17. The summed E-state index contributed by atoms with van der Waals surface area (Å²) in [6.45, 7) is 6.03. The summed E-state index contributed by atoms with van der Waals surface area (Å²) in [5.41, 5.74) is 4.40. The van der Waals surface area contributed by atoms with Crippen LogP contribution in [0.4, 0.5) is 0 Å². The number of nitrogens with zero attached hydrogens (tertiary/aromatic N) is 1. The van der Waals surface area contributed by atoms with Crippen LogP contribution in [0.5, 0.6) is 0 Å². The van der Waals surface area contributed by atoms with Crippen molar-refractivity contribution in [2.24, 2.45) is 0 Å². The van der Waals surface area contributed by atoms with E-state index in [0.717, 1.165) is 13.0 Å². The van der Waals surface area contributed by atoms with Gasteiger partial charge in [0, 0.05) is 31.6 Å². The van der Waals surface area contributed by atoms with E-state index in [2.05, 4.69) is 31.3 Å². The Kier molecular flexibility index (Phi) is 5.71. The van der Waals surface area contributed by atoms with Gasteiger partial charge < -0.3 is 10.2 Å². The van der Waals surface area contributed by atoms with Crippen LogP contribution in [-0.4, -0.2) is 29.8 Å². The molecule has 4 nitrogen and oxygen atoms in total. The third-order valence-electron chi connectivity index (χ3n) is 4.95. The standard InChI is InChI=1S/C22H26N2O2/c1-16(2)17-7-9-19(10-8-17)22(26)23-13-11-21(25)24-14-12-18-5-3-4-6-20(18)15-24/h3-10,16H,11-15H2,1-2H3,(H,23,26). The number of hydrogen-bond donors (Lipinski definition) is 1. The third kappa shape index (κ3) is 4.31. The van der Waals surface area contributed by atoms with Gasteiger partial charge >= 0.3 is 0 Å². The molecule has 0 fully saturated rings. The zero-order valence-corrected chi connectivity index (χ0v) is 15.5. The van der Waals surface area contributed by atoms with Crippen LogP contribution in [0.25, 0.3) is 0 Å². The molecule has 2 aromatic rings. The molecule has 136 valence electrons. The molecule has 0 spiro atoms. The molecule has 2 amide bonds. The molecule has 0 bridgehead atoms. The predicted molar refractivity (Wildman–Crippen MR) is 103 cm³/mol. The van der Waals surface area contributed by atoms with Gasteiger partial charge in [-0.3, -0.25) is 9.59 Å². The maximum atomic E-state index is 12.4. The predicted octanol–water partition coefficient (Wildman–Crippen LogP) is 3.51. The normalized spacial score (nSPS) is 13.4. The van der Waals surface area contributed by atoms with Gasteiger partial charge in [0.1, 0.15) is 0 Å². The second-order valence-electron chi connectivity index (χ2n) is 7.12. The van der Waals surface area contributed by atoms with Gasteiger partial charge in [-0.05, 0) is 41.2 Å². The highest BCUT2D eigenvalue weighted by Crippen LogP contribution is 2.19. The van der Waals surface area contributed by atoms with Crippen LogP contribution in [0.3, 0.4) is 0 Å². The molecule has 3 rings (SSSR count). The van der Waals surface area contributed by atoms with E-state index in [1.807, 2.05) is 41.3 Å². The summed E-state index contributed by atoms with van der Waals surface area (Å²) >= 11 is 0. The van der Waals surface area contributed by atoms with Crippen molar-refractivity contribution < 1.29 is 9.59 Å². The van der Waals surface area contributed by atoms with Gasteiger partial charge in [0.05, 0.1) is 0 Å². The molecule has 0 unspecified atom stereocenters. The van der Waals surface area contributed by atoms with Gasteiger partial charge in [-0.15, -0.1) is 0 Å². The smallest absolute Gasteiger partial charge is 0.251 e. The van der Waals surface area contributed by atoms with E-state index in [1.54, 1.807) is 0 Å². The highest BCUT2D eigenvalue weighted by atomic mass is 16.2. The van der Waals surface area contributed by atoms with Crippen molar-refractivity contribution in [3.63, 3.8) is 0 Å². The van der Waals surface area contributed by atoms with Gasteiger partial charge in [-0.2, -0.15) is 0 Å². The molecule has 0 radical (unpaired) electrons. The van der Waals surface area contributed by atoms with Crippen LogP contribution in [0, 0.1) is 0 Å².